The van der Waals surface area contributed by atoms with Crippen LogP contribution in [0.4, 0.5) is 5.69 Å². The first-order chi connectivity index (χ1) is 27.3. The van der Waals surface area contributed by atoms with Gasteiger partial charge in [-0.1, -0.05) is 159 Å². The Bertz CT molecular complexity index is 2580. The van der Waals surface area contributed by atoms with Crippen molar-refractivity contribution in [3.05, 3.63) is 229 Å². The zero-order chi connectivity index (χ0) is 39.1. The Hall–Kier alpha value is -6.38. The van der Waals surface area contributed by atoms with Gasteiger partial charge in [0.2, 0.25) is 0 Å². The maximum Gasteiger partial charge on any atom is 0.0631 e. The topological polar surface area (TPSA) is 8.17 Å². The average Bonchev–Trinajstić information content (AvgIpc) is 3.57. The van der Waals surface area contributed by atoms with E-state index in [1.54, 1.807) is 0 Å². The summed E-state index contributed by atoms with van der Waals surface area (Å²) in [6.45, 7) is 17.8. The summed E-state index contributed by atoms with van der Waals surface area (Å²) in [7, 11) is 0. The van der Waals surface area contributed by atoms with Crippen molar-refractivity contribution < 1.29 is 0 Å². The van der Waals surface area contributed by atoms with Gasteiger partial charge in [0, 0.05) is 33.9 Å². The molecular weight excluding hydrogens is 677 g/mol. The van der Waals surface area contributed by atoms with E-state index in [2.05, 4.69) is 226 Å². The molecule has 6 aromatic carbocycles. The number of nitrogens with zero attached hydrogens (tertiary/aromatic N) is 2. The molecular formula is C54H52N2. The Balaban J connectivity index is 0.000000536. The quantitative estimate of drug-likeness (QED) is 0.134. The normalized spacial score (nSPS) is 15.4. The van der Waals surface area contributed by atoms with Crippen LogP contribution in [-0.2, 0) is 12.8 Å². The summed E-state index contributed by atoms with van der Waals surface area (Å²) in [4.78, 5) is 2.41. The summed E-state index contributed by atoms with van der Waals surface area (Å²) in [5.74, 6) is 0. The third-order valence-electron chi connectivity index (χ3n) is 11.1. The molecule has 1 aliphatic rings. The molecule has 56 heavy (non-hydrogen) atoms. The molecule has 2 nitrogen and oxygen atoms in total. The molecule has 1 aliphatic heterocycles. The van der Waals surface area contributed by atoms with Crippen molar-refractivity contribution in [3.63, 3.8) is 0 Å². The zero-order valence-electron chi connectivity index (χ0n) is 33.3. The van der Waals surface area contributed by atoms with Gasteiger partial charge < -0.3 is 9.47 Å². The van der Waals surface area contributed by atoms with Crippen LogP contribution in [0, 0.1) is 6.92 Å². The number of aryl methyl sites for hydroxylation is 2. The molecule has 0 bridgehead atoms. The molecule has 2 heterocycles. The number of hydrogen-bond acceptors (Lipinski definition) is 1. The van der Waals surface area contributed by atoms with Crippen molar-refractivity contribution in [1.82, 2.24) is 4.57 Å². The van der Waals surface area contributed by atoms with E-state index in [1.807, 2.05) is 6.07 Å². The van der Waals surface area contributed by atoms with Crippen LogP contribution < -0.4 is 4.90 Å². The molecule has 0 N–H and O–H groups in total. The molecule has 0 radical (unpaired) electrons. The number of anilines is 1. The van der Waals surface area contributed by atoms with Crippen molar-refractivity contribution in [2.24, 2.45) is 0 Å². The van der Waals surface area contributed by atoms with E-state index in [9.17, 15) is 0 Å². The number of benzene rings is 6. The fourth-order valence-corrected chi connectivity index (χ4v) is 7.64. The van der Waals surface area contributed by atoms with Gasteiger partial charge in [0.15, 0.2) is 0 Å². The number of aromatic nitrogens is 1. The fraction of sp³-hybridized carbons (Fsp3) is 0.148. The summed E-state index contributed by atoms with van der Waals surface area (Å²) in [5, 5.41) is 2.47. The average molecular weight is 729 g/mol. The largest absolute Gasteiger partial charge is 0.337 e. The highest BCUT2D eigenvalue weighted by molar-refractivity contribution is 6.10. The minimum Gasteiger partial charge on any atom is -0.337 e. The third-order valence-corrected chi connectivity index (χ3v) is 11.1. The Morgan fingerprint density at radius 2 is 1.38 bits per heavy atom. The van der Waals surface area contributed by atoms with Crippen molar-refractivity contribution in [2.75, 3.05) is 4.90 Å². The molecule has 278 valence electrons. The van der Waals surface area contributed by atoms with Crippen molar-refractivity contribution in [1.29, 1.82) is 0 Å². The number of para-hydroxylation sites is 3. The van der Waals surface area contributed by atoms with E-state index in [0.29, 0.717) is 0 Å². The van der Waals surface area contributed by atoms with E-state index in [0.717, 1.165) is 52.9 Å². The molecule has 0 amide bonds. The molecule has 0 saturated heterocycles. The predicted molar refractivity (Wildman–Crippen MR) is 244 cm³/mol. The molecule has 1 atom stereocenters. The van der Waals surface area contributed by atoms with Crippen LogP contribution in [0.3, 0.4) is 0 Å². The van der Waals surface area contributed by atoms with Gasteiger partial charge in [0.25, 0.3) is 0 Å². The molecule has 8 rings (SSSR count). The Morgan fingerprint density at radius 1 is 0.714 bits per heavy atom. The SMILES string of the molecule is C=CC(C)(C/C=C(/C)Cc1ccccc1C)N1/C=C(c2ccc3c(c2)c2ccccc2n3-c2ccccc2)\C=C/C(=C)c2ccccc21.CCc1ccccc1. The van der Waals surface area contributed by atoms with E-state index < -0.39 is 5.54 Å². The standard InChI is InChI=1S/C46H42N2.C8H10/c1-6-46(5,29-28-33(2)30-36-17-11-10-16-34(36)3)47-32-38(25-24-35(4)40-20-12-14-22-43(40)47)37-26-27-45-42(31-37)41-21-13-15-23-44(41)48(45)39-18-8-7-9-19-39;1-2-8-6-4-3-5-7-8/h6-28,31-32H,1,4,29-30H2,2-3,5H3;3-7H,2H2,1H3/b25-24-,33-28-,38-32+;. The van der Waals surface area contributed by atoms with Gasteiger partial charge in [-0.3, -0.25) is 0 Å². The minimum absolute atomic E-state index is 0.396. The molecule has 0 spiro atoms. The maximum absolute atomic E-state index is 4.50. The Labute approximate surface area is 333 Å². The van der Waals surface area contributed by atoms with Gasteiger partial charge in [-0.05, 0) is 110 Å². The molecule has 7 aromatic rings. The van der Waals surface area contributed by atoms with Crippen molar-refractivity contribution >= 4 is 38.6 Å². The van der Waals surface area contributed by atoms with Gasteiger partial charge in [-0.15, -0.1) is 6.58 Å². The van der Waals surface area contributed by atoms with Crippen LogP contribution in [0.15, 0.2) is 201 Å². The maximum atomic E-state index is 4.50. The minimum atomic E-state index is -0.396. The van der Waals surface area contributed by atoms with Crippen LogP contribution in [-0.4, -0.2) is 10.1 Å². The highest BCUT2D eigenvalue weighted by atomic mass is 15.2. The molecule has 0 aliphatic carbocycles. The molecule has 0 saturated carbocycles. The van der Waals surface area contributed by atoms with Gasteiger partial charge >= 0.3 is 0 Å². The van der Waals surface area contributed by atoms with E-state index in [1.165, 1.54) is 44.1 Å². The predicted octanol–water partition coefficient (Wildman–Crippen LogP) is 14.3. The summed E-state index contributed by atoms with van der Waals surface area (Å²) in [5.41, 5.74) is 14.1. The monoisotopic (exact) mass is 728 g/mol. The smallest absolute Gasteiger partial charge is 0.0631 e. The van der Waals surface area contributed by atoms with Gasteiger partial charge in [-0.25, -0.2) is 0 Å². The van der Waals surface area contributed by atoms with Gasteiger partial charge in [0.05, 0.1) is 16.6 Å². The molecule has 1 aromatic heterocycles. The third kappa shape index (κ3) is 8.02. The van der Waals surface area contributed by atoms with E-state index in [4.69, 9.17) is 0 Å². The summed E-state index contributed by atoms with van der Waals surface area (Å²) in [6, 6.07) is 53.9. The summed E-state index contributed by atoms with van der Waals surface area (Å²) in [6.07, 6.45) is 14.0. The molecule has 2 heteroatoms. The number of rotatable bonds is 9. The van der Waals surface area contributed by atoms with Crippen LogP contribution in [0.1, 0.15) is 55.0 Å². The van der Waals surface area contributed by atoms with Crippen LogP contribution in [0.5, 0.6) is 0 Å². The van der Waals surface area contributed by atoms with Crippen molar-refractivity contribution in [3.8, 4) is 5.69 Å². The lowest BCUT2D eigenvalue weighted by molar-refractivity contribution is 0.569. The number of fused-ring (bicyclic) bond motifs is 4. The summed E-state index contributed by atoms with van der Waals surface area (Å²) >= 11 is 0. The lowest BCUT2D eigenvalue weighted by Crippen LogP contribution is -2.42. The van der Waals surface area contributed by atoms with Crippen LogP contribution >= 0.6 is 0 Å². The van der Waals surface area contributed by atoms with E-state index >= 15 is 0 Å². The highest BCUT2D eigenvalue weighted by Crippen LogP contribution is 2.40. The van der Waals surface area contributed by atoms with Gasteiger partial charge in [0.1, 0.15) is 0 Å². The van der Waals surface area contributed by atoms with E-state index in [-0.39, 0.29) is 0 Å². The first kappa shape index (κ1) is 37.9. The Morgan fingerprint density at radius 3 is 2.11 bits per heavy atom. The Kier molecular flexibility index (Phi) is 11.5. The van der Waals surface area contributed by atoms with Crippen LogP contribution in [0.25, 0.3) is 38.6 Å². The highest BCUT2D eigenvalue weighted by Gasteiger charge is 2.30. The molecule has 1 unspecified atom stereocenters. The lowest BCUT2D eigenvalue weighted by atomic mass is 9.89. The number of allylic oxidation sites excluding steroid dienone is 5. The lowest BCUT2D eigenvalue weighted by Gasteiger charge is -2.40. The second kappa shape index (κ2) is 17.0. The second-order valence-electron chi connectivity index (χ2n) is 15.0. The van der Waals surface area contributed by atoms with Crippen molar-refractivity contribution in [2.45, 2.75) is 52.5 Å². The zero-order valence-corrected chi connectivity index (χ0v) is 33.3. The fourth-order valence-electron chi connectivity index (χ4n) is 7.64. The number of hydrogen-bond donors (Lipinski definition) is 0. The van der Waals surface area contributed by atoms with Gasteiger partial charge in [-0.2, -0.15) is 0 Å². The second-order valence-corrected chi connectivity index (χ2v) is 15.0. The first-order valence-electron chi connectivity index (χ1n) is 19.7. The summed E-state index contributed by atoms with van der Waals surface area (Å²) < 4.78 is 2.36. The molecule has 0 fully saturated rings. The first-order valence-corrected chi connectivity index (χ1v) is 19.7. The van der Waals surface area contributed by atoms with Crippen LogP contribution in [0.2, 0.25) is 0 Å².